The Balaban J connectivity index is 2.25. The van der Waals surface area contributed by atoms with Crippen molar-refractivity contribution < 1.29 is 19.4 Å². The highest BCUT2D eigenvalue weighted by Crippen LogP contribution is 2.08. The Bertz CT molecular complexity index is 319. The lowest BCUT2D eigenvalue weighted by Gasteiger charge is -2.04. The van der Waals surface area contributed by atoms with Gasteiger partial charge in [0.2, 0.25) is 0 Å². The molecular weight excluding hydrogens is 198 g/mol. The maximum atomic E-state index is 11.4. The second-order valence-electron chi connectivity index (χ2n) is 3.27. The molecule has 5 heteroatoms. The van der Waals surface area contributed by atoms with Crippen LogP contribution in [0.5, 0.6) is 0 Å². The lowest BCUT2D eigenvalue weighted by atomic mass is 10.2. The van der Waals surface area contributed by atoms with Crippen LogP contribution in [-0.2, 0) is 0 Å². The van der Waals surface area contributed by atoms with Crippen LogP contribution in [0.3, 0.4) is 0 Å². The highest BCUT2D eigenvalue weighted by atomic mass is 16.5. The second kappa shape index (κ2) is 5.65. The first-order valence-electron chi connectivity index (χ1n) is 4.76. The minimum atomic E-state index is -1.38. The number of carbonyl (C=O) groups excluding carboxylic acids is 1. The molecule has 3 N–H and O–H groups in total. The van der Waals surface area contributed by atoms with E-state index in [4.69, 9.17) is 14.6 Å². The van der Waals surface area contributed by atoms with Gasteiger partial charge in [-0.3, -0.25) is 4.79 Å². The summed E-state index contributed by atoms with van der Waals surface area (Å²) in [7, 11) is 0. The molecule has 1 aromatic heterocycles. The zero-order valence-corrected chi connectivity index (χ0v) is 8.56. The van der Waals surface area contributed by atoms with Gasteiger partial charge in [0, 0.05) is 19.5 Å². The topological polar surface area (TPSA) is 82.7 Å². The van der Waals surface area contributed by atoms with E-state index in [2.05, 4.69) is 5.32 Å². The average Bonchev–Trinajstić information content (AvgIpc) is 2.59. The van der Waals surface area contributed by atoms with E-state index in [0.717, 1.165) is 0 Å². The molecule has 84 valence electrons. The maximum Gasteiger partial charge on any atom is 0.199 e. The van der Waals surface area contributed by atoms with Gasteiger partial charge in [0.05, 0.1) is 0 Å². The van der Waals surface area contributed by atoms with Crippen LogP contribution in [0.15, 0.2) is 16.5 Å². The van der Waals surface area contributed by atoms with Crippen molar-refractivity contribution in [3.8, 4) is 0 Å². The van der Waals surface area contributed by atoms with Crippen molar-refractivity contribution in [2.75, 3.05) is 13.1 Å². The molecular formula is C10H15NO4. The van der Waals surface area contributed by atoms with Gasteiger partial charge < -0.3 is 19.9 Å². The molecule has 0 spiro atoms. The van der Waals surface area contributed by atoms with Gasteiger partial charge in [0.15, 0.2) is 17.8 Å². The van der Waals surface area contributed by atoms with Gasteiger partial charge >= 0.3 is 0 Å². The zero-order valence-electron chi connectivity index (χ0n) is 8.56. The van der Waals surface area contributed by atoms with Gasteiger partial charge in [-0.1, -0.05) is 0 Å². The highest BCUT2D eigenvalue weighted by Gasteiger charge is 2.09. The lowest BCUT2D eigenvalue weighted by Crippen LogP contribution is -2.28. The Morgan fingerprint density at radius 2 is 2.27 bits per heavy atom. The summed E-state index contributed by atoms with van der Waals surface area (Å²) in [6.07, 6.45) is -1.11. The SMILES string of the molecule is Cc1ccc(C(=O)CCNCC(O)O)o1. The molecule has 1 aromatic rings. The lowest BCUT2D eigenvalue weighted by molar-refractivity contribution is -0.0370. The number of nitrogens with one attached hydrogen (secondary N) is 1. The Kier molecular flexibility index (Phi) is 4.48. The molecule has 0 aliphatic heterocycles. The third kappa shape index (κ3) is 4.24. The number of aliphatic hydroxyl groups is 2. The summed E-state index contributed by atoms with van der Waals surface area (Å²) in [4.78, 5) is 11.4. The van der Waals surface area contributed by atoms with Crippen LogP contribution in [0.1, 0.15) is 22.7 Å². The van der Waals surface area contributed by atoms with Crippen molar-refractivity contribution in [2.24, 2.45) is 0 Å². The van der Waals surface area contributed by atoms with Gasteiger partial charge in [-0.05, 0) is 19.1 Å². The summed E-state index contributed by atoms with van der Waals surface area (Å²) in [5.74, 6) is 0.957. The molecule has 0 aromatic carbocycles. The first kappa shape index (κ1) is 11.9. The van der Waals surface area contributed by atoms with Crippen LogP contribution in [-0.4, -0.2) is 35.4 Å². The fourth-order valence-electron chi connectivity index (χ4n) is 1.14. The number of hydrogen-bond acceptors (Lipinski definition) is 5. The van der Waals surface area contributed by atoms with Crippen LogP contribution < -0.4 is 5.32 Å². The van der Waals surface area contributed by atoms with E-state index < -0.39 is 6.29 Å². The molecule has 1 rings (SSSR count). The average molecular weight is 213 g/mol. The summed E-state index contributed by atoms with van der Waals surface area (Å²) >= 11 is 0. The van der Waals surface area contributed by atoms with Crippen molar-refractivity contribution in [1.82, 2.24) is 5.32 Å². The molecule has 0 aliphatic rings. The monoisotopic (exact) mass is 213 g/mol. The summed E-state index contributed by atoms with van der Waals surface area (Å²) < 4.78 is 5.15. The van der Waals surface area contributed by atoms with E-state index in [-0.39, 0.29) is 18.7 Å². The van der Waals surface area contributed by atoms with E-state index in [1.54, 1.807) is 19.1 Å². The van der Waals surface area contributed by atoms with E-state index in [1.807, 2.05) is 0 Å². The number of rotatable bonds is 6. The highest BCUT2D eigenvalue weighted by molar-refractivity contribution is 5.93. The fourth-order valence-corrected chi connectivity index (χ4v) is 1.14. The van der Waals surface area contributed by atoms with Crippen molar-refractivity contribution >= 4 is 5.78 Å². The summed E-state index contributed by atoms with van der Waals surface area (Å²) in [6, 6.07) is 3.37. The Labute approximate surface area is 87.7 Å². The number of Topliss-reactive ketones (excluding diaryl/α,β-unsaturated/α-hetero) is 1. The van der Waals surface area contributed by atoms with Crippen LogP contribution in [0, 0.1) is 6.92 Å². The van der Waals surface area contributed by atoms with Crippen molar-refractivity contribution in [1.29, 1.82) is 0 Å². The third-order valence-corrected chi connectivity index (χ3v) is 1.87. The number of hydrogen-bond donors (Lipinski definition) is 3. The second-order valence-corrected chi connectivity index (χ2v) is 3.27. The van der Waals surface area contributed by atoms with Crippen LogP contribution in [0.4, 0.5) is 0 Å². The molecule has 0 atom stereocenters. The molecule has 0 amide bonds. The van der Waals surface area contributed by atoms with Gasteiger partial charge in [-0.2, -0.15) is 0 Å². The van der Waals surface area contributed by atoms with Crippen molar-refractivity contribution in [2.45, 2.75) is 19.6 Å². The summed E-state index contributed by atoms with van der Waals surface area (Å²) in [5.41, 5.74) is 0. The molecule has 0 aliphatic carbocycles. The first-order chi connectivity index (χ1) is 7.09. The van der Waals surface area contributed by atoms with Crippen LogP contribution in [0.2, 0.25) is 0 Å². The molecule has 15 heavy (non-hydrogen) atoms. The van der Waals surface area contributed by atoms with E-state index in [1.165, 1.54) is 0 Å². The largest absolute Gasteiger partial charge is 0.458 e. The predicted molar refractivity (Wildman–Crippen MR) is 53.5 cm³/mol. The quantitative estimate of drug-likeness (QED) is 0.353. The summed E-state index contributed by atoms with van der Waals surface area (Å²) in [5, 5.41) is 19.8. The van der Waals surface area contributed by atoms with Crippen LogP contribution in [0.25, 0.3) is 0 Å². The molecule has 0 saturated carbocycles. The number of furan rings is 1. The predicted octanol–water partition coefficient (Wildman–Crippen LogP) is 0.0611. The van der Waals surface area contributed by atoms with Crippen molar-refractivity contribution in [3.05, 3.63) is 23.7 Å². The number of carbonyl (C=O) groups is 1. The van der Waals surface area contributed by atoms with Crippen molar-refractivity contribution in [3.63, 3.8) is 0 Å². The van der Waals surface area contributed by atoms with E-state index in [9.17, 15) is 4.79 Å². The zero-order chi connectivity index (χ0) is 11.3. The number of aryl methyl sites for hydroxylation is 1. The Morgan fingerprint density at radius 3 is 2.80 bits per heavy atom. The third-order valence-electron chi connectivity index (χ3n) is 1.87. The number of ketones is 1. The van der Waals surface area contributed by atoms with Gasteiger partial charge in [0.1, 0.15) is 5.76 Å². The molecule has 0 bridgehead atoms. The fraction of sp³-hybridized carbons (Fsp3) is 0.500. The standard InChI is InChI=1S/C10H15NO4/c1-7-2-3-9(15-7)8(12)4-5-11-6-10(13)14/h2-3,10-11,13-14H,4-6H2,1H3. The number of aliphatic hydroxyl groups excluding tert-OH is 1. The summed E-state index contributed by atoms with van der Waals surface area (Å²) in [6.45, 7) is 2.23. The molecule has 1 heterocycles. The Hall–Kier alpha value is -1.17. The maximum absolute atomic E-state index is 11.4. The molecule has 5 nitrogen and oxygen atoms in total. The Morgan fingerprint density at radius 1 is 1.53 bits per heavy atom. The van der Waals surface area contributed by atoms with Gasteiger partial charge in [-0.15, -0.1) is 0 Å². The molecule has 0 saturated heterocycles. The first-order valence-corrected chi connectivity index (χ1v) is 4.76. The smallest absolute Gasteiger partial charge is 0.199 e. The minimum absolute atomic E-state index is 0.0600. The van der Waals surface area contributed by atoms with Crippen LogP contribution >= 0.6 is 0 Å². The minimum Gasteiger partial charge on any atom is -0.458 e. The molecule has 0 fully saturated rings. The normalized spacial score (nSPS) is 10.9. The molecule has 0 unspecified atom stereocenters. The van der Waals surface area contributed by atoms with E-state index >= 15 is 0 Å². The van der Waals surface area contributed by atoms with Gasteiger partial charge in [-0.25, -0.2) is 0 Å². The molecule has 0 radical (unpaired) electrons. The van der Waals surface area contributed by atoms with E-state index in [0.29, 0.717) is 18.1 Å². The van der Waals surface area contributed by atoms with Gasteiger partial charge in [0.25, 0.3) is 0 Å².